The molecule has 0 aliphatic carbocycles. The minimum atomic E-state index is -3.23. The van der Waals surface area contributed by atoms with Gasteiger partial charge >= 0.3 is 0 Å². The Balaban J connectivity index is 1.69. The van der Waals surface area contributed by atoms with Gasteiger partial charge in [0, 0.05) is 24.6 Å². The van der Waals surface area contributed by atoms with Crippen LogP contribution in [0, 0.1) is 5.82 Å². The summed E-state index contributed by atoms with van der Waals surface area (Å²) >= 11 is 1.33. The third-order valence-corrected chi connectivity index (χ3v) is 6.52. The van der Waals surface area contributed by atoms with E-state index in [4.69, 9.17) is 0 Å². The summed E-state index contributed by atoms with van der Waals surface area (Å²) in [7, 11) is -3.23. The van der Waals surface area contributed by atoms with Gasteiger partial charge in [-0.05, 0) is 25.0 Å². The molecule has 10 heteroatoms. The first-order valence-electron chi connectivity index (χ1n) is 7.85. The molecule has 2 aromatic heterocycles. The van der Waals surface area contributed by atoms with Crippen molar-refractivity contribution in [3.8, 4) is 10.6 Å². The molecule has 0 bridgehead atoms. The van der Waals surface area contributed by atoms with Crippen molar-refractivity contribution in [2.75, 3.05) is 19.3 Å². The fraction of sp³-hybridized carbons (Fsp3) is 0.400. The third-order valence-electron chi connectivity index (χ3n) is 4.30. The third kappa shape index (κ3) is 3.16. The second-order valence-electron chi connectivity index (χ2n) is 6.13. The highest BCUT2D eigenvalue weighted by molar-refractivity contribution is 7.88. The quantitative estimate of drug-likeness (QED) is 0.694. The van der Waals surface area contributed by atoms with Gasteiger partial charge in [0.15, 0.2) is 5.82 Å². The molecule has 0 N–H and O–H groups in total. The summed E-state index contributed by atoms with van der Waals surface area (Å²) in [5, 5.41) is 13.5. The average Bonchev–Trinajstić information content (AvgIpc) is 3.14. The minimum Gasteiger partial charge on any atom is -0.213 e. The molecule has 132 valence electrons. The lowest BCUT2D eigenvalue weighted by Crippen LogP contribution is -2.38. The number of fused-ring (bicyclic) bond motifs is 1. The molecule has 3 heterocycles. The molecule has 1 fully saturated rings. The number of benzene rings is 1. The SMILES string of the molecule is CS(=O)(=O)N1CCCC(c2nnc3sc(-c4cccc(F)c4)nn23)C1. The summed E-state index contributed by atoms with van der Waals surface area (Å²) in [4.78, 5) is 0.616. The number of aromatic nitrogens is 4. The van der Waals surface area contributed by atoms with E-state index < -0.39 is 10.0 Å². The molecule has 1 atom stereocenters. The molecule has 25 heavy (non-hydrogen) atoms. The number of nitrogens with zero attached hydrogens (tertiary/aromatic N) is 5. The zero-order chi connectivity index (χ0) is 17.6. The molecule has 1 aliphatic heterocycles. The molecule has 0 spiro atoms. The molecular weight excluding hydrogens is 365 g/mol. The maximum absolute atomic E-state index is 13.4. The Morgan fingerprint density at radius 3 is 2.92 bits per heavy atom. The van der Waals surface area contributed by atoms with E-state index in [1.165, 1.54) is 34.0 Å². The van der Waals surface area contributed by atoms with Crippen LogP contribution < -0.4 is 0 Å². The first kappa shape index (κ1) is 16.6. The van der Waals surface area contributed by atoms with E-state index in [2.05, 4.69) is 15.3 Å². The number of rotatable bonds is 3. The summed E-state index contributed by atoms with van der Waals surface area (Å²) in [6.07, 6.45) is 2.83. The van der Waals surface area contributed by atoms with Crippen LogP contribution in [0.2, 0.25) is 0 Å². The topological polar surface area (TPSA) is 80.5 Å². The van der Waals surface area contributed by atoms with Gasteiger partial charge in [0.05, 0.1) is 6.26 Å². The van der Waals surface area contributed by atoms with Crippen molar-refractivity contribution in [3.05, 3.63) is 35.9 Å². The highest BCUT2D eigenvalue weighted by Gasteiger charge is 2.30. The van der Waals surface area contributed by atoms with Crippen molar-refractivity contribution < 1.29 is 12.8 Å². The normalized spacial score (nSPS) is 19.5. The first-order valence-corrected chi connectivity index (χ1v) is 10.5. The number of sulfonamides is 1. The number of piperidine rings is 1. The average molecular weight is 381 g/mol. The van der Waals surface area contributed by atoms with Gasteiger partial charge in [-0.15, -0.1) is 10.2 Å². The van der Waals surface area contributed by atoms with Crippen LogP contribution in [0.4, 0.5) is 4.39 Å². The lowest BCUT2D eigenvalue weighted by atomic mass is 9.99. The van der Waals surface area contributed by atoms with Crippen LogP contribution >= 0.6 is 11.3 Å². The summed E-state index contributed by atoms with van der Waals surface area (Å²) in [6.45, 7) is 0.912. The van der Waals surface area contributed by atoms with Gasteiger partial charge in [0.1, 0.15) is 10.8 Å². The second kappa shape index (κ2) is 6.11. The maximum Gasteiger partial charge on any atom is 0.234 e. The van der Waals surface area contributed by atoms with Gasteiger partial charge in [-0.2, -0.15) is 9.61 Å². The maximum atomic E-state index is 13.4. The van der Waals surface area contributed by atoms with E-state index >= 15 is 0 Å². The molecule has 4 rings (SSSR count). The summed E-state index contributed by atoms with van der Waals surface area (Å²) in [5.41, 5.74) is 0.683. The van der Waals surface area contributed by atoms with Crippen molar-refractivity contribution in [3.63, 3.8) is 0 Å². The van der Waals surface area contributed by atoms with Crippen molar-refractivity contribution in [1.82, 2.24) is 24.1 Å². The van der Waals surface area contributed by atoms with Gasteiger partial charge in [0.25, 0.3) is 0 Å². The highest BCUT2D eigenvalue weighted by Crippen LogP contribution is 2.31. The fourth-order valence-electron chi connectivity index (χ4n) is 3.08. The molecule has 1 unspecified atom stereocenters. The molecule has 3 aromatic rings. The van der Waals surface area contributed by atoms with Crippen molar-refractivity contribution >= 4 is 26.3 Å². The van der Waals surface area contributed by atoms with Crippen LogP contribution in [0.5, 0.6) is 0 Å². The smallest absolute Gasteiger partial charge is 0.213 e. The van der Waals surface area contributed by atoms with Gasteiger partial charge in [-0.1, -0.05) is 23.5 Å². The molecule has 0 radical (unpaired) electrons. The standard InChI is InChI=1S/C15H16FN5O2S2/c1-25(22,23)20-7-3-5-11(9-20)13-17-18-15-21(13)19-14(24-15)10-4-2-6-12(16)8-10/h2,4,6,8,11H,3,5,7,9H2,1H3. The predicted molar refractivity (Wildman–Crippen MR) is 92.4 cm³/mol. The van der Waals surface area contributed by atoms with E-state index in [9.17, 15) is 12.8 Å². The Hall–Kier alpha value is -1.91. The number of hydrogen-bond donors (Lipinski definition) is 0. The Morgan fingerprint density at radius 1 is 1.32 bits per heavy atom. The van der Waals surface area contributed by atoms with E-state index in [0.717, 1.165) is 12.8 Å². The van der Waals surface area contributed by atoms with E-state index in [1.807, 2.05) is 0 Å². The van der Waals surface area contributed by atoms with E-state index in [-0.39, 0.29) is 11.7 Å². The number of halogens is 1. The first-order chi connectivity index (χ1) is 11.9. The Labute approximate surface area is 148 Å². The minimum absolute atomic E-state index is 0.0547. The molecule has 1 aliphatic rings. The lowest BCUT2D eigenvalue weighted by Gasteiger charge is -2.29. The molecule has 7 nitrogen and oxygen atoms in total. The zero-order valence-electron chi connectivity index (χ0n) is 13.5. The predicted octanol–water partition coefficient (Wildman–Crippen LogP) is 2.13. The second-order valence-corrected chi connectivity index (χ2v) is 9.07. The van der Waals surface area contributed by atoms with Crippen molar-refractivity contribution in [1.29, 1.82) is 0 Å². The van der Waals surface area contributed by atoms with Crippen LogP contribution in [0.25, 0.3) is 15.5 Å². The fourth-order valence-corrected chi connectivity index (χ4v) is 4.83. The van der Waals surface area contributed by atoms with Gasteiger partial charge in [-0.25, -0.2) is 17.1 Å². The zero-order valence-corrected chi connectivity index (χ0v) is 15.1. The molecule has 0 saturated carbocycles. The van der Waals surface area contributed by atoms with Gasteiger partial charge in [0.2, 0.25) is 15.0 Å². The molecule has 1 aromatic carbocycles. The van der Waals surface area contributed by atoms with Gasteiger partial charge < -0.3 is 0 Å². The Morgan fingerprint density at radius 2 is 2.16 bits per heavy atom. The van der Waals surface area contributed by atoms with Crippen molar-refractivity contribution in [2.24, 2.45) is 0 Å². The highest BCUT2D eigenvalue weighted by atomic mass is 32.2. The van der Waals surface area contributed by atoms with Crippen LogP contribution in [0.15, 0.2) is 24.3 Å². The van der Waals surface area contributed by atoms with E-state index in [0.29, 0.717) is 34.4 Å². The van der Waals surface area contributed by atoms with Gasteiger partial charge in [-0.3, -0.25) is 0 Å². The van der Waals surface area contributed by atoms with Crippen LogP contribution in [-0.4, -0.2) is 51.9 Å². The van der Waals surface area contributed by atoms with Crippen molar-refractivity contribution in [2.45, 2.75) is 18.8 Å². The lowest BCUT2D eigenvalue weighted by molar-refractivity contribution is 0.309. The monoisotopic (exact) mass is 381 g/mol. The van der Waals surface area contributed by atoms with Crippen LogP contribution in [-0.2, 0) is 10.0 Å². The van der Waals surface area contributed by atoms with E-state index in [1.54, 1.807) is 16.6 Å². The molecule has 0 amide bonds. The summed E-state index contributed by atoms with van der Waals surface area (Å²) in [6, 6.07) is 6.24. The number of hydrogen-bond acceptors (Lipinski definition) is 6. The van der Waals surface area contributed by atoms with Crippen LogP contribution in [0.1, 0.15) is 24.6 Å². The molecular formula is C15H16FN5O2S2. The largest absolute Gasteiger partial charge is 0.234 e. The van der Waals surface area contributed by atoms with Crippen LogP contribution in [0.3, 0.4) is 0 Å². The molecule has 1 saturated heterocycles. The Kier molecular flexibility index (Phi) is 4.05. The summed E-state index contributed by atoms with van der Waals surface area (Å²) in [5.74, 6) is 0.281. The summed E-state index contributed by atoms with van der Waals surface area (Å²) < 4.78 is 40.2. The Bertz CT molecular complexity index is 1030.